The van der Waals surface area contributed by atoms with Crippen molar-refractivity contribution in [2.24, 2.45) is 5.92 Å². The van der Waals surface area contributed by atoms with E-state index in [1.54, 1.807) is 7.11 Å². The molecule has 1 aromatic rings. The molecular weight excluding hydrogens is 244 g/mol. The van der Waals surface area contributed by atoms with E-state index >= 15 is 0 Å². The van der Waals surface area contributed by atoms with Crippen LogP contribution in [0.4, 0.5) is 0 Å². The predicted octanol–water partition coefficient (Wildman–Crippen LogP) is 2.52. The normalized spacial score (nSPS) is 27.2. The topological polar surface area (TPSA) is 47.9 Å². The van der Waals surface area contributed by atoms with Crippen molar-refractivity contribution in [3.05, 3.63) is 29.8 Å². The molecule has 1 N–H and O–H groups in total. The van der Waals surface area contributed by atoms with Crippen molar-refractivity contribution >= 4 is 0 Å². The maximum absolute atomic E-state index is 9.16. The summed E-state index contributed by atoms with van der Waals surface area (Å²) in [4.78, 5) is 0. The van der Waals surface area contributed by atoms with E-state index in [9.17, 15) is 0 Å². The molecule has 0 radical (unpaired) electrons. The smallest absolute Gasteiger partial charge is 0.158 e. The van der Waals surface area contributed by atoms with Gasteiger partial charge in [-0.15, -0.1) is 0 Å². The third kappa shape index (κ3) is 3.47. The molecule has 1 fully saturated rings. The Hall–Kier alpha value is -1.10. The third-order valence-corrected chi connectivity index (χ3v) is 3.50. The number of hydrogen-bond acceptors (Lipinski definition) is 4. The Morgan fingerprint density at radius 1 is 1.32 bits per heavy atom. The molecule has 0 aliphatic carbocycles. The highest BCUT2D eigenvalue weighted by Crippen LogP contribution is 2.35. The van der Waals surface area contributed by atoms with Crippen molar-refractivity contribution in [1.82, 2.24) is 0 Å². The van der Waals surface area contributed by atoms with Gasteiger partial charge in [0.05, 0.1) is 19.8 Å². The lowest BCUT2D eigenvalue weighted by atomic mass is 9.92. The number of methoxy groups -OCH3 is 1. The molecular formula is C15H22O4. The van der Waals surface area contributed by atoms with Crippen LogP contribution in [0.3, 0.4) is 0 Å². The molecule has 4 heteroatoms. The lowest BCUT2D eigenvalue weighted by Crippen LogP contribution is -2.35. The van der Waals surface area contributed by atoms with Gasteiger partial charge in [0.1, 0.15) is 5.75 Å². The van der Waals surface area contributed by atoms with Gasteiger partial charge in [0, 0.05) is 12.5 Å². The van der Waals surface area contributed by atoms with Crippen molar-refractivity contribution in [3.8, 4) is 5.75 Å². The molecule has 1 aliphatic heterocycles. The first-order valence-electron chi connectivity index (χ1n) is 6.80. The van der Waals surface area contributed by atoms with Crippen LogP contribution in [-0.2, 0) is 9.47 Å². The molecule has 2 rings (SSSR count). The molecule has 19 heavy (non-hydrogen) atoms. The standard InChI is InChI=1S/C15H22O4/c1-3-14-18-10-12(8-9-16)15(19-14)11-4-6-13(17-2)7-5-11/h4-7,12,14-16H,3,8-10H2,1-2H3/t12-,14+,15-/m1/s1. The zero-order chi connectivity index (χ0) is 13.7. The van der Waals surface area contributed by atoms with Crippen LogP contribution in [-0.4, -0.2) is 31.7 Å². The van der Waals surface area contributed by atoms with Crippen molar-refractivity contribution in [2.45, 2.75) is 32.2 Å². The lowest BCUT2D eigenvalue weighted by Gasteiger charge is -2.36. The predicted molar refractivity (Wildman–Crippen MR) is 72.0 cm³/mol. The second-order valence-electron chi connectivity index (χ2n) is 4.77. The summed E-state index contributed by atoms with van der Waals surface area (Å²) in [5, 5.41) is 9.16. The first kappa shape index (κ1) is 14.3. The zero-order valence-electron chi connectivity index (χ0n) is 11.5. The summed E-state index contributed by atoms with van der Waals surface area (Å²) in [6.07, 6.45) is 1.35. The van der Waals surface area contributed by atoms with Crippen molar-refractivity contribution < 1.29 is 19.3 Å². The fraction of sp³-hybridized carbons (Fsp3) is 0.600. The number of ether oxygens (including phenoxy) is 3. The minimum atomic E-state index is -0.151. The zero-order valence-corrected chi connectivity index (χ0v) is 11.5. The van der Waals surface area contributed by atoms with E-state index in [2.05, 4.69) is 0 Å². The maximum Gasteiger partial charge on any atom is 0.158 e. The van der Waals surface area contributed by atoms with Crippen LogP contribution < -0.4 is 4.74 Å². The fourth-order valence-corrected chi connectivity index (χ4v) is 2.39. The minimum absolute atomic E-state index is 0.0169. The molecule has 1 saturated heterocycles. The van der Waals surface area contributed by atoms with E-state index < -0.39 is 0 Å². The Morgan fingerprint density at radius 2 is 2.05 bits per heavy atom. The van der Waals surface area contributed by atoms with E-state index in [1.807, 2.05) is 31.2 Å². The van der Waals surface area contributed by atoms with Crippen LogP contribution in [0.15, 0.2) is 24.3 Å². The summed E-state index contributed by atoms with van der Waals surface area (Å²) in [6.45, 7) is 2.83. The maximum atomic E-state index is 9.16. The molecule has 0 aromatic heterocycles. The summed E-state index contributed by atoms with van der Waals surface area (Å²) < 4.78 is 16.8. The second-order valence-corrected chi connectivity index (χ2v) is 4.77. The average Bonchev–Trinajstić information content (AvgIpc) is 2.48. The molecule has 4 nitrogen and oxygen atoms in total. The summed E-state index contributed by atoms with van der Waals surface area (Å²) in [5.74, 6) is 1.03. The molecule has 1 aliphatic rings. The SMILES string of the molecule is CC[C@H]1OC[C@@H](CCO)[C@@H](c2ccc(OC)cc2)O1. The van der Waals surface area contributed by atoms with Gasteiger partial charge in [-0.1, -0.05) is 19.1 Å². The number of hydrogen-bond donors (Lipinski definition) is 1. The number of benzene rings is 1. The van der Waals surface area contributed by atoms with Crippen LogP contribution in [0.25, 0.3) is 0 Å². The largest absolute Gasteiger partial charge is 0.497 e. The summed E-state index contributed by atoms with van der Waals surface area (Å²) in [7, 11) is 1.65. The monoisotopic (exact) mass is 266 g/mol. The van der Waals surface area contributed by atoms with Gasteiger partial charge >= 0.3 is 0 Å². The molecule has 1 heterocycles. The van der Waals surface area contributed by atoms with Gasteiger partial charge in [0.25, 0.3) is 0 Å². The number of aliphatic hydroxyl groups excluding tert-OH is 1. The molecule has 0 spiro atoms. The lowest BCUT2D eigenvalue weighted by molar-refractivity contribution is -0.241. The van der Waals surface area contributed by atoms with Gasteiger partial charge < -0.3 is 19.3 Å². The Bertz CT molecular complexity index is 376. The summed E-state index contributed by atoms with van der Waals surface area (Å²) in [5.41, 5.74) is 1.11. The van der Waals surface area contributed by atoms with Gasteiger partial charge in [-0.05, 0) is 30.5 Å². The summed E-state index contributed by atoms with van der Waals surface area (Å²) >= 11 is 0. The Labute approximate surface area is 114 Å². The fourth-order valence-electron chi connectivity index (χ4n) is 2.39. The van der Waals surface area contributed by atoms with Crippen LogP contribution in [0.2, 0.25) is 0 Å². The number of rotatable bonds is 5. The molecule has 0 unspecified atom stereocenters. The highest BCUT2D eigenvalue weighted by molar-refractivity contribution is 5.29. The Balaban J connectivity index is 2.14. The van der Waals surface area contributed by atoms with Gasteiger partial charge in [-0.25, -0.2) is 0 Å². The van der Waals surface area contributed by atoms with Crippen molar-refractivity contribution in [2.75, 3.05) is 20.3 Å². The highest BCUT2D eigenvalue weighted by Gasteiger charge is 2.31. The average molecular weight is 266 g/mol. The molecule has 0 bridgehead atoms. The summed E-state index contributed by atoms with van der Waals surface area (Å²) in [6, 6.07) is 7.91. The molecule has 0 saturated carbocycles. The van der Waals surface area contributed by atoms with Gasteiger partial charge in [-0.3, -0.25) is 0 Å². The van der Waals surface area contributed by atoms with E-state index in [0.29, 0.717) is 13.0 Å². The van der Waals surface area contributed by atoms with E-state index in [0.717, 1.165) is 17.7 Å². The minimum Gasteiger partial charge on any atom is -0.497 e. The molecule has 1 aromatic carbocycles. The number of aliphatic hydroxyl groups is 1. The Kier molecular flexibility index (Phi) is 5.19. The third-order valence-electron chi connectivity index (χ3n) is 3.50. The van der Waals surface area contributed by atoms with E-state index in [-0.39, 0.29) is 24.9 Å². The van der Waals surface area contributed by atoms with Gasteiger partial charge in [0.15, 0.2) is 6.29 Å². The van der Waals surface area contributed by atoms with Crippen molar-refractivity contribution in [3.63, 3.8) is 0 Å². The van der Waals surface area contributed by atoms with Crippen LogP contribution in [0, 0.1) is 5.92 Å². The van der Waals surface area contributed by atoms with E-state index in [1.165, 1.54) is 0 Å². The van der Waals surface area contributed by atoms with Gasteiger partial charge in [0.2, 0.25) is 0 Å². The first-order valence-corrected chi connectivity index (χ1v) is 6.80. The van der Waals surface area contributed by atoms with Crippen molar-refractivity contribution in [1.29, 1.82) is 0 Å². The van der Waals surface area contributed by atoms with Crippen LogP contribution in [0.5, 0.6) is 5.75 Å². The molecule has 3 atom stereocenters. The quantitative estimate of drug-likeness (QED) is 0.889. The van der Waals surface area contributed by atoms with Crippen LogP contribution in [0.1, 0.15) is 31.4 Å². The second kappa shape index (κ2) is 6.89. The molecule has 0 amide bonds. The molecule has 106 valence electrons. The van der Waals surface area contributed by atoms with Crippen LogP contribution >= 0.6 is 0 Å². The van der Waals surface area contributed by atoms with Gasteiger partial charge in [-0.2, -0.15) is 0 Å². The Morgan fingerprint density at radius 3 is 2.63 bits per heavy atom. The first-order chi connectivity index (χ1) is 9.28. The highest BCUT2D eigenvalue weighted by atomic mass is 16.7. The van der Waals surface area contributed by atoms with E-state index in [4.69, 9.17) is 19.3 Å².